The zero-order valence-corrected chi connectivity index (χ0v) is 35.2. The van der Waals surface area contributed by atoms with Crippen LogP contribution >= 0.6 is 0 Å². The molecule has 0 bridgehead atoms. The molecule has 0 saturated carbocycles. The molecule has 0 radical (unpaired) electrons. The zero-order valence-electron chi connectivity index (χ0n) is 35.2. The maximum absolute atomic E-state index is 6.75. The van der Waals surface area contributed by atoms with Gasteiger partial charge in [0.05, 0.1) is 44.8 Å². The van der Waals surface area contributed by atoms with Crippen LogP contribution < -0.4 is 21.9 Å². The van der Waals surface area contributed by atoms with Gasteiger partial charge in [-0.1, -0.05) is 48.5 Å². The molecule has 4 aromatic carbocycles. The van der Waals surface area contributed by atoms with E-state index in [0.29, 0.717) is 0 Å². The van der Waals surface area contributed by atoms with Crippen LogP contribution in [0.3, 0.4) is 0 Å². The van der Waals surface area contributed by atoms with Gasteiger partial charge in [-0.25, -0.2) is 0 Å². The first-order valence-corrected chi connectivity index (χ1v) is 19.6. The summed E-state index contributed by atoms with van der Waals surface area (Å²) in [6.45, 7) is 33.4. The van der Waals surface area contributed by atoms with Crippen LogP contribution in [0.1, 0.15) is 111 Å². The Kier molecular flexibility index (Phi) is 8.26. The minimum atomic E-state index is -0.589. The fourth-order valence-electron chi connectivity index (χ4n) is 7.72. The summed E-state index contributed by atoms with van der Waals surface area (Å²) in [6, 6.07) is 17.5. The van der Waals surface area contributed by atoms with Crippen molar-refractivity contribution in [3.05, 3.63) is 48.5 Å². The highest BCUT2D eigenvalue weighted by molar-refractivity contribution is 6.69. The van der Waals surface area contributed by atoms with Crippen molar-refractivity contribution in [2.24, 2.45) is 0 Å². The maximum Gasteiger partial charge on any atom is 0.495 e. The van der Waals surface area contributed by atoms with Crippen LogP contribution in [0.15, 0.2) is 48.5 Å². The van der Waals surface area contributed by atoms with E-state index in [1.54, 1.807) is 0 Å². The standard InChI is InChI=1S/C42H56B4O8/c1-35(2)36(3,4)48-43(47-35)25-17-19-27-29(21-25)31-23-34(46-53-41(13,14)42(15,16)54-46)28-20-18-26(44-49-37(5,6)38(7,8)50-44)22-30(28)32(31)24-33(27)45-51-39(9,10)40(11,12)52-45/h17-24H,1-16H3. The van der Waals surface area contributed by atoms with Crippen molar-refractivity contribution in [1.82, 2.24) is 0 Å². The maximum atomic E-state index is 6.75. The number of hydrogen-bond donors (Lipinski definition) is 0. The van der Waals surface area contributed by atoms with Crippen LogP contribution in [-0.2, 0) is 37.2 Å². The van der Waals surface area contributed by atoms with Crippen molar-refractivity contribution in [2.75, 3.05) is 0 Å². The van der Waals surface area contributed by atoms with Crippen LogP contribution in [-0.4, -0.2) is 73.3 Å². The SMILES string of the molecule is CC1(C)OB(c2ccc3c(B4OC(C)(C)C(C)(C)O4)cc4c5cc(B6OC(C)(C)C(C)(C)O6)ccc5c(B5OC(C)(C)C(C)(C)O5)cc4c3c2)OC1(C)C. The third-order valence-corrected chi connectivity index (χ3v) is 14.2. The van der Waals surface area contributed by atoms with Gasteiger partial charge in [0.15, 0.2) is 0 Å². The van der Waals surface area contributed by atoms with Gasteiger partial charge >= 0.3 is 28.5 Å². The summed E-state index contributed by atoms with van der Waals surface area (Å²) in [5, 5.41) is 6.22. The molecule has 0 unspecified atom stereocenters. The highest BCUT2D eigenvalue weighted by atomic mass is 16.7. The summed E-state index contributed by atoms with van der Waals surface area (Å²) < 4.78 is 53.3. The Morgan fingerprint density at radius 3 is 0.759 bits per heavy atom. The lowest BCUT2D eigenvalue weighted by Gasteiger charge is -2.32. The van der Waals surface area contributed by atoms with E-state index in [1.165, 1.54) is 0 Å². The van der Waals surface area contributed by atoms with Crippen molar-refractivity contribution in [1.29, 1.82) is 0 Å². The number of rotatable bonds is 4. The molecule has 4 aromatic rings. The fraction of sp³-hybridized carbons (Fsp3) is 0.571. The summed E-state index contributed by atoms with van der Waals surface area (Å²) in [4.78, 5) is 0. The number of fused-ring (bicyclic) bond motifs is 5. The second kappa shape index (κ2) is 11.6. The molecule has 4 saturated heterocycles. The Balaban J connectivity index is 1.42. The van der Waals surface area contributed by atoms with E-state index in [1.807, 2.05) is 0 Å². The number of benzene rings is 4. The Morgan fingerprint density at radius 1 is 0.278 bits per heavy atom. The molecule has 8 nitrogen and oxygen atoms in total. The van der Waals surface area contributed by atoms with Gasteiger partial charge in [-0.2, -0.15) is 0 Å². The smallest absolute Gasteiger partial charge is 0.399 e. The first-order chi connectivity index (χ1) is 24.7. The molecular weight excluding hydrogens is 676 g/mol. The zero-order chi connectivity index (χ0) is 39.4. The minimum absolute atomic E-state index is 0.483. The summed E-state index contributed by atoms with van der Waals surface area (Å²) in [7, 11) is -2.25. The van der Waals surface area contributed by atoms with Gasteiger partial charge in [0.1, 0.15) is 0 Å². The van der Waals surface area contributed by atoms with Crippen molar-refractivity contribution < 1.29 is 37.2 Å². The first kappa shape index (κ1) is 38.5. The van der Waals surface area contributed by atoms with Crippen LogP contribution in [0.5, 0.6) is 0 Å². The molecule has 4 aliphatic rings. The van der Waals surface area contributed by atoms with Crippen molar-refractivity contribution in [3.8, 4) is 0 Å². The van der Waals surface area contributed by atoms with Crippen molar-refractivity contribution >= 4 is 82.6 Å². The van der Waals surface area contributed by atoms with Gasteiger partial charge in [0.25, 0.3) is 0 Å². The highest BCUT2D eigenvalue weighted by Crippen LogP contribution is 2.42. The van der Waals surface area contributed by atoms with Crippen molar-refractivity contribution in [2.45, 2.75) is 156 Å². The highest BCUT2D eigenvalue weighted by Gasteiger charge is 2.55. The number of hydrogen-bond acceptors (Lipinski definition) is 8. The van der Waals surface area contributed by atoms with Crippen molar-refractivity contribution in [3.63, 3.8) is 0 Å². The van der Waals surface area contributed by atoms with Gasteiger partial charge < -0.3 is 37.2 Å². The quantitative estimate of drug-likeness (QED) is 0.178. The summed E-state index contributed by atoms with van der Waals surface area (Å²) in [5.74, 6) is 0. The van der Waals surface area contributed by atoms with Gasteiger partial charge in [0, 0.05) is 0 Å². The van der Waals surface area contributed by atoms with E-state index >= 15 is 0 Å². The largest absolute Gasteiger partial charge is 0.495 e. The predicted molar refractivity (Wildman–Crippen MR) is 222 cm³/mol. The molecule has 54 heavy (non-hydrogen) atoms. The minimum Gasteiger partial charge on any atom is -0.399 e. The molecule has 0 spiro atoms. The molecule has 12 heteroatoms. The monoisotopic (exact) mass is 732 g/mol. The van der Waals surface area contributed by atoms with Crippen LogP contribution in [0.2, 0.25) is 0 Å². The van der Waals surface area contributed by atoms with Crippen LogP contribution in [0.25, 0.3) is 32.3 Å². The van der Waals surface area contributed by atoms with E-state index in [9.17, 15) is 0 Å². The van der Waals surface area contributed by atoms with E-state index in [2.05, 4.69) is 159 Å². The molecule has 0 aromatic heterocycles. The molecule has 0 N–H and O–H groups in total. The van der Waals surface area contributed by atoms with Gasteiger partial charge in [-0.3, -0.25) is 0 Å². The average molecular weight is 732 g/mol. The Hall–Kier alpha value is -2.40. The molecule has 0 amide bonds. The topological polar surface area (TPSA) is 73.8 Å². The lowest BCUT2D eigenvalue weighted by atomic mass is 9.69. The predicted octanol–water partition coefficient (Wildman–Crippen LogP) is 6.34. The van der Waals surface area contributed by atoms with Gasteiger partial charge in [0.2, 0.25) is 0 Å². The molecule has 0 atom stereocenters. The summed E-state index contributed by atoms with van der Waals surface area (Å²) in [6.07, 6.45) is 0. The molecule has 4 aliphatic heterocycles. The molecule has 0 aliphatic carbocycles. The molecule has 4 fully saturated rings. The summed E-state index contributed by atoms with van der Waals surface area (Å²) >= 11 is 0. The summed E-state index contributed by atoms with van der Waals surface area (Å²) in [5.41, 5.74) is -0.206. The van der Waals surface area contributed by atoms with E-state index < -0.39 is 73.3 Å². The van der Waals surface area contributed by atoms with Crippen LogP contribution in [0.4, 0.5) is 0 Å². The molecule has 284 valence electrons. The average Bonchev–Trinajstić information content (AvgIpc) is 3.59. The third kappa shape index (κ3) is 5.68. The lowest BCUT2D eigenvalue weighted by Crippen LogP contribution is -2.41. The van der Waals surface area contributed by atoms with E-state index in [0.717, 1.165) is 54.2 Å². The van der Waals surface area contributed by atoms with Gasteiger partial charge in [-0.15, -0.1) is 0 Å². The Morgan fingerprint density at radius 2 is 0.500 bits per heavy atom. The van der Waals surface area contributed by atoms with Crippen LogP contribution in [0, 0.1) is 0 Å². The molecular formula is C42H56B4O8. The van der Waals surface area contributed by atoms with E-state index in [4.69, 9.17) is 37.2 Å². The Labute approximate surface area is 323 Å². The molecule has 8 rings (SSSR count). The second-order valence-electron chi connectivity index (χ2n) is 20.0. The second-order valence-corrected chi connectivity index (χ2v) is 20.0. The Bertz CT molecular complexity index is 1990. The van der Waals surface area contributed by atoms with E-state index in [-0.39, 0.29) is 0 Å². The third-order valence-electron chi connectivity index (χ3n) is 14.2. The molecule has 4 heterocycles. The van der Waals surface area contributed by atoms with Gasteiger partial charge in [-0.05, 0) is 165 Å². The fourth-order valence-corrected chi connectivity index (χ4v) is 7.72. The first-order valence-electron chi connectivity index (χ1n) is 19.6. The normalized spacial score (nSPS) is 25.9. The lowest BCUT2D eigenvalue weighted by molar-refractivity contribution is 0.00578.